The first-order valence-corrected chi connectivity index (χ1v) is 8.51. The van der Waals surface area contributed by atoms with Gasteiger partial charge < -0.3 is 25.0 Å². The van der Waals surface area contributed by atoms with Crippen LogP contribution in [0.15, 0.2) is 29.3 Å². The number of nitrogens with zero attached hydrogens (tertiary/aromatic N) is 2. The average Bonchev–Trinajstić information content (AvgIpc) is 2.59. The highest BCUT2D eigenvalue weighted by molar-refractivity contribution is 5.79. The molecule has 0 amide bonds. The van der Waals surface area contributed by atoms with Crippen LogP contribution in [0.1, 0.15) is 18.0 Å². The molecule has 0 aliphatic heterocycles. The van der Waals surface area contributed by atoms with Crippen molar-refractivity contribution in [3.05, 3.63) is 35.6 Å². The molecule has 0 aliphatic carbocycles. The van der Waals surface area contributed by atoms with Crippen molar-refractivity contribution >= 4 is 5.96 Å². The molecule has 0 fully saturated rings. The largest absolute Gasteiger partial charge is 0.382 e. The normalized spacial score (nSPS) is 13.1. The molecule has 2 N–H and O–H groups in total. The van der Waals surface area contributed by atoms with E-state index < -0.39 is 0 Å². The van der Waals surface area contributed by atoms with Crippen LogP contribution in [-0.4, -0.2) is 72.0 Å². The Kier molecular flexibility index (Phi) is 10.8. The fraction of sp³-hybridized carbons (Fsp3) is 0.611. The monoisotopic (exact) mass is 354 g/mol. The van der Waals surface area contributed by atoms with Crippen LogP contribution < -0.4 is 10.6 Å². The van der Waals surface area contributed by atoms with Gasteiger partial charge in [-0.2, -0.15) is 0 Å². The van der Waals surface area contributed by atoms with E-state index in [1.165, 1.54) is 6.07 Å². The maximum atomic E-state index is 13.5. The SMILES string of the molecule is CN=C(NCCCOCCOC)NCC(c1cccc(F)c1)N(C)C. The van der Waals surface area contributed by atoms with E-state index in [0.29, 0.717) is 26.4 Å². The zero-order valence-corrected chi connectivity index (χ0v) is 15.7. The highest BCUT2D eigenvalue weighted by atomic mass is 19.1. The van der Waals surface area contributed by atoms with E-state index >= 15 is 0 Å². The van der Waals surface area contributed by atoms with Gasteiger partial charge >= 0.3 is 0 Å². The van der Waals surface area contributed by atoms with Crippen LogP contribution >= 0.6 is 0 Å². The summed E-state index contributed by atoms with van der Waals surface area (Å²) in [6, 6.07) is 6.74. The van der Waals surface area contributed by atoms with Crippen molar-refractivity contribution in [3.8, 4) is 0 Å². The first-order valence-electron chi connectivity index (χ1n) is 8.51. The molecular weight excluding hydrogens is 323 g/mol. The summed E-state index contributed by atoms with van der Waals surface area (Å²) in [4.78, 5) is 6.27. The third-order valence-corrected chi connectivity index (χ3v) is 3.73. The number of guanidine groups is 1. The van der Waals surface area contributed by atoms with Crippen LogP contribution in [0.5, 0.6) is 0 Å². The van der Waals surface area contributed by atoms with Crippen molar-refractivity contribution in [3.63, 3.8) is 0 Å². The van der Waals surface area contributed by atoms with Gasteiger partial charge in [0.25, 0.3) is 0 Å². The van der Waals surface area contributed by atoms with E-state index in [2.05, 4.69) is 20.5 Å². The Balaban J connectivity index is 2.38. The number of benzene rings is 1. The van der Waals surface area contributed by atoms with Crippen LogP contribution in [0.2, 0.25) is 0 Å². The molecule has 0 saturated heterocycles. The van der Waals surface area contributed by atoms with E-state index in [1.807, 2.05) is 20.2 Å². The Labute approximate surface area is 150 Å². The molecule has 1 unspecified atom stereocenters. The third-order valence-electron chi connectivity index (χ3n) is 3.73. The standard InChI is InChI=1S/C18H31FN4O2/c1-20-18(21-9-6-10-25-12-11-24-4)22-14-17(23(2)3)15-7-5-8-16(19)13-15/h5,7-8,13,17H,6,9-12,14H2,1-4H3,(H2,20,21,22). The molecule has 0 aliphatic rings. The van der Waals surface area contributed by atoms with Crippen molar-refractivity contribution < 1.29 is 13.9 Å². The van der Waals surface area contributed by atoms with Crippen molar-refractivity contribution in [1.29, 1.82) is 0 Å². The third kappa shape index (κ3) is 8.81. The molecule has 6 nitrogen and oxygen atoms in total. The number of hydrogen-bond acceptors (Lipinski definition) is 4. The molecule has 0 aromatic heterocycles. The first-order chi connectivity index (χ1) is 12.1. The lowest BCUT2D eigenvalue weighted by Crippen LogP contribution is -2.42. The molecule has 0 radical (unpaired) electrons. The lowest BCUT2D eigenvalue weighted by atomic mass is 10.1. The summed E-state index contributed by atoms with van der Waals surface area (Å²) in [7, 11) is 7.35. The van der Waals surface area contributed by atoms with Crippen molar-refractivity contribution in [2.75, 3.05) is 61.2 Å². The fourth-order valence-electron chi connectivity index (χ4n) is 2.35. The Morgan fingerprint density at radius 3 is 2.68 bits per heavy atom. The highest BCUT2D eigenvalue weighted by Crippen LogP contribution is 2.18. The average molecular weight is 354 g/mol. The zero-order valence-electron chi connectivity index (χ0n) is 15.7. The lowest BCUT2D eigenvalue weighted by molar-refractivity contribution is 0.0698. The Bertz CT molecular complexity index is 512. The minimum Gasteiger partial charge on any atom is -0.382 e. The van der Waals surface area contributed by atoms with Gasteiger partial charge in [0.1, 0.15) is 5.82 Å². The summed E-state index contributed by atoms with van der Waals surface area (Å²) in [6.45, 7) is 3.29. The molecule has 142 valence electrons. The molecule has 0 heterocycles. The number of halogens is 1. The first kappa shape index (κ1) is 21.3. The fourth-order valence-corrected chi connectivity index (χ4v) is 2.35. The van der Waals surface area contributed by atoms with Gasteiger partial charge in [0.2, 0.25) is 0 Å². The summed E-state index contributed by atoms with van der Waals surface area (Å²) in [5.41, 5.74) is 0.930. The number of methoxy groups -OCH3 is 1. The maximum absolute atomic E-state index is 13.5. The van der Waals surface area contributed by atoms with Crippen LogP contribution in [0.4, 0.5) is 4.39 Å². The number of rotatable bonds is 11. The summed E-state index contributed by atoms with van der Waals surface area (Å²) < 4.78 is 23.8. The molecule has 0 saturated carbocycles. The van der Waals surface area contributed by atoms with Crippen molar-refractivity contribution in [1.82, 2.24) is 15.5 Å². The molecule has 1 rings (SSSR count). The Hall–Kier alpha value is -1.70. The molecule has 0 bridgehead atoms. The van der Waals surface area contributed by atoms with Crippen LogP contribution in [-0.2, 0) is 9.47 Å². The number of hydrogen-bond donors (Lipinski definition) is 2. The van der Waals surface area contributed by atoms with E-state index in [-0.39, 0.29) is 11.9 Å². The topological polar surface area (TPSA) is 58.1 Å². The minimum atomic E-state index is -0.222. The summed E-state index contributed by atoms with van der Waals surface area (Å²) in [5, 5.41) is 6.55. The second-order valence-electron chi connectivity index (χ2n) is 5.87. The molecular formula is C18H31FN4O2. The van der Waals surface area contributed by atoms with E-state index in [4.69, 9.17) is 9.47 Å². The predicted octanol–water partition coefficient (Wildman–Crippen LogP) is 1.65. The second-order valence-corrected chi connectivity index (χ2v) is 5.87. The number of ether oxygens (including phenoxy) is 2. The van der Waals surface area contributed by atoms with Gasteiger partial charge in [-0.1, -0.05) is 12.1 Å². The van der Waals surface area contributed by atoms with Gasteiger partial charge in [-0.15, -0.1) is 0 Å². The van der Waals surface area contributed by atoms with Crippen LogP contribution in [0, 0.1) is 5.82 Å². The summed E-state index contributed by atoms with van der Waals surface area (Å²) >= 11 is 0. The van der Waals surface area contributed by atoms with E-state index in [9.17, 15) is 4.39 Å². The molecule has 1 atom stereocenters. The van der Waals surface area contributed by atoms with Crippen molar-refractivity contribution in [2.45, 2.75) is 12.5 Å². The quantitative estimate of drug-likeness (QED) is 0.359. The van der Waals surface area contributed by atoms with Crippen molar-refractivity contribution in [2.24, 2.45) is 4.99 Å². The number of aliphatic imine (C=N–C) groups is 1. The zero-order chi connectivity index (χ0) is 18.5. The lowest BCUT2D eigenvalue weighted by Gasteiger charge is -2.26. The van der Waals surface area contributed by atoms with Gasteiger partial charge in [-0.25, -0.2) is 4.39 Å². The molecule has 1 aromatic carbocycles. The smallest absolute Gasteiger partial charge is 0.191 e. The van der Waals surface area contributed by atoms with Gasteiger partial charge in [-0.05, 0) is 38.2 Å². The Morgan fingerprint density at radius 1 is 1.24 bits per heavy atom. The van der Waals surface area contributed by atoms with Crippen LogP contribution in [0.25, 0.3) is 0 Å². The van der Waals surface area contributed by atoms with Crippen LogP contribution in [0.3, 0.4) is 0 Å². The highest BCUT2D eigenvalue weighted by Gasteiger charge is 2.15. The predicted molar refractivity (Wildman–Crippen MR) is 99.5 cm³/mol. The van der Waals surface area contributed by atoms with E-state index in [0.717, 1.165) is 24.5 Å². The van der Waals surface area contributed by atoms with Gasteiger partial charge in [0.05, 0.1) is 19.3 Å². The van der Waals surface area contributed by atoms with Gasteiger partial charge in [0.15, 0.2) is 5.96 Å². The number of nitrogens with one attached hydrogen (secondary N) is 2. The molecule has 0 spiro atoms. The maximum Gasteiger partial charge on any atom is 0.191 e. The van der Waals surface area contributed by atoms with E-state index in [1.54, 1.807) is 26.3 Å². The molecule has 25 heavy (non-hydrogen) atoms. The van der Waals surface area contributed by atoms with Gasteiger partial charge in [-0.3, -0.25) is 4.99 Å². The summed E-state index contributed by atoms with van der Waals surface area (Å²) in [6.07, 6.45) is 0.880. The summed E-state index contributed by atoms with van der Waals surface area (Å²) in [5.74, 6) is 0.500. The second kappa shape index (κ2) is 12.6. The minimum absolute atomic E-state index is 0.0478. The molecule has 7 heteroatoms. The number of likely N-dealkylation sites (N-methyl/N-ethyl adjacent to an activating group) is 1. The molecule has 1 aromatic rings. The Morgan fingerprint density at radius 2 is 2.04 bits per heavy atom. The van der Waals surface area contributed by atoms with Gasteiger partial charge in [0, 0.05) is 33.9 Å².